The number of hydrogen-bond acceptors (Lipinski definition) is 5. The van der Waals surface area contributed by atoms with Crippen molar-refractivity contribution in [3.05, 3.63) is 59.7 Å². The number of carbonyl (C=O) groups is 3. The van der Waals surface area contributed by atoms with Gasteiger partial charge in [0.05, 0.1) is 12.5 Å². The number of carbonyl (C=O) groups excluding carboxylic acids is 3. The average Bonchev–Trinajstić information content (AvgIpc) is 3.08. The Balaban J connectivity index is 1.08. The maximum absolute atomic E-state index is 14.1. The highest BCUT2D eigenvalue weighted by Crippen LogP contribution is 2.29. The zero-order valence-corrected chi connectivity index (χ0v) is 26.8. The molecule has 3 saturated heterocycles. The first-order valence-corrected chi connectivity index (χ1v) is 17.2. The summed E-state index contributed by atoms with van der Waals surface area (Å²) in [5, 5.41) is 3.02. The topological polar surface area (TPSA) is 85.4 Å². The molecule has 2 aromatic carbocycles. The Kier molecular flexibility index (Phi) is 10.2. The summed E-state index contributed by atoms with van der Waals surface area (Å²) in [5.74, 6) is 0.509. The Morgan fingerprint density at radius 2 is 1.58 bits per heavy atom. The van der Waals surface area contributed by atoms with Crippen molar-refractivity contribution in [1.29, 1.82) is 0 Å². The lowest BCUT2D eigenvalue weighted by Gasteiger charge is -2.41. The molecule has 1 atom stereocenters. The summed E-state index contributed by atoms with van der Waals surface area (Å²) in [7, 11) is 0. The third kappa shape index (κ3) is 7.63. The number of rotatable bonds is 9. The normalized spacial score (nSPS) is 20.8. The Morgan fingerprint density at radius 3 is 2.33 bits per heavy atom. The molecule has 3 fully saturated rings. The van der Waals surface area contributed by atoms with E-state index >= 15 is 0 Å². The summed E-state index contributed by atoms with van der Waals surface area (Å²) in [4.78, 5) is 49.2. The van der Waals surface area contributed by atoms with E-state index in [1.165, 1.54) is 32.4 Å². The lowest BCUT2D eigenvalue weighted by atomic mass is 9.91. The molecule has 9 nitrogen and oxygen atoms in total. The third-order valence-electron chi connectivity index (χ3n) is 10.3. The van der Waals surface area contributed by atoms with E-state index in [0.717, 1.165) is 61.3 Å². The van der Waals surface area contributed by atoms with E-state index in [1.807, 2.05) is 64.1 Å². The van der Waals surface area contributed by atoms with Crippen LogP contribution in [-0.4, -0.2) is 95.4 Å². The minimum absolute atomic E-state index is 0.0319. The number of amides is 4. The number of likely N-dealkylation sites (tertiary alicyclic amines) is 3. The highest BCUT2D eigenvalue weighted by Gasteiger charge is 2.36. The van der Waals surface area contributed by atoms with Gasteiger partial charge in [-0.15, -0.1) is 0 Å². The van der Waals surface area contributed by atoms with E-state index in [-0.39, 0.29) is 30.3 Å². The van der Waals surface area contributed by atoms with Crippen molar-refractivity contribution < 1.29 is 19.1 Å². The number of urea groups is 1. The number of nitrogens with zero attached hydrogens (tertiary/aromatic N) is 4. The standard InChI is InChI=1S/C36H49N5O4/c1-2-45-32-11-8-9-27(24-32)23-29(35(43)40-21-13-30(14-22-40)38-17-6-3-7-18-38)25-34(42)39-19-15-31(16-20-39)41-26-28-10-4-5-12-33(28)37-36(41)44/h4-5,8-12,24,29-31H,2-3,6-7,13-23,25-26H2,1H3,(H,37,44)/t29-/m1/s1. The molecule has 45 heavy (non-hydrogen) atoms. The van der Waals surface area contributed by atoms with E-state index in [1.54, 1.807) is 0 Å². The quantitative estimate of drug-likeness (QED) is 0.422. The SMILES string of the molecule is CCOc1cccc(C[C@H](CC(=O)N2CCC(N3Cc4ccccc4NC3=O)CC2)C(=O)N2CCC(N3CCCCC3)CC2)c1. The summed E-state index contributed by atoms with van der Waals surface area (Å²) in [5.41, 5.74) is 3.01. The summed E-state index contributed by atoms with van der Waals surface area (Å²) >= 11 is 0. The Bertz CT molecular complexity index is 1330. The van der Waals surface area contributed by atoms with Crippen molar-refractivity contribution in [3.8, 4) is 5.75 Å². The van der Waals surface area contributed by atoms with Gasteiger partial charge in [-0.2, -0.15) is 0 Å². The van der Waals surface area contributed by atoms with E-state index in [2.05, 4.69) is 16.3 Å². The molecule has 4 amide bonds. The summed E-state index contributed by atoms with van der Waals surface area (Å²) in [6, 6.07) is 16.4. The molecule has 9 heteroatoms. The van der Waals surface area contributed by atoms with E-state index in [0.29, 0.717) is 38.7 Å². The molecule has 0 bridgehead atoms. The summed E-state index contributed by atoms with van der Waals surface area (Å²) < 4.78 is 5.73. The van der Waals surface area contributed by atoms with Gasteiger partial charge in [0.1, 0.15) is 5.75 Å². The van der Waals surface area contributed by atoms with Crippen molar-refractivity contribution in [2.45, 2.75) is 83.3 Å². The van der Waals surface area contributed by atoms with Crippen LogP contribution in [0.15, 0.2) is 48.5 Å². The predicted octanol–water partition coefficient (Wildman–Crippen LogP) is 5.15. The zero-order chi connectivity index (χ0) is 31.2. The molecule has 1 N–H and O–H groups in total. The van der Waals surface area contributed by atoms with Gasteiger partial charge in [-0.05, 0) is 94.3 Å². The van der Waals surface area contributed by atoms with Crippen LogP contribution in [0.5, 0.6) is 5.75 Å². The first kappa shape index (κ1) is 31.4. The average molecular weight is 616 g/mol. The van der Waals surface area contributed by atoms with Gasteiger partial charge < -0.3 is 29.7 Å². The second-order valence-electron chi connectivity index (χ2n) is 13.2. The fraction of sp³-hybridized carbons (Fsp3) is 0.583. The molecule has 0 aromatic heterocycles. The Morgan fingerprint density at radius 1 is 0.867 bits per heavy atom. The first-order chi connectivity index (χ1) is 22.0. The number of piperidine rings is 3. The molecular weight excluding hydrogens is 566 g/mol. The molecule has 6 rings (SSSR count). The minimum Gasteiger partial charge on any atom is -0.494 e. The van der Waals surface area contributed by atoms with Gasteiger partial charge in [-0.3, -0.25) is 9.59 Å². The van der Waals surface area contributed by atoms with Crippen LogP contribution < -0.4 is 10.1 Å². The number of ether oxygens (including phenoxy) is 1. The zero-order valence-electron chi connectivity index (χ0n) is 26.8. The van der Waals surface area contributed by atoms with Gasteiger partial charge in [0.15, 0.2) is 0 Å². The van der Waals surface area contributed by atoms with Crippen LogP contribution in [0.2, 0.25) is 0 Å². The van der Waals surface area contributed by atoms with Crippen LogP contribution in [0.1, 0.15) is 69.4 Å². The van der Waals surface area contributed by atoms with Gasteiger partial charge in [0.2, 0.25) is 11.8 Å². The second kappa shape index (κ2) is 14.7. The van der Waals surface area contributed by atoms with Gasteiger partial charge in [0.25, 0.3) is 0 Å². The van der Waals surface area contributed by atoms with Crippen LogP contribution in [0.3, 0.4) is 0 Å². The number of benzene rings is 2. The monoisotopic (exact) mass is 615 g/mol. The molecule has 242 valence electrons. The van der Waals surface area contributed by atoms with Gasteiger partial charge in [-0.1, -0.05) is 36.8 Å². The largest absolute Gasteiger partial charge is 0.494 e. The van der Waals surface area contributed by atoms with Crippen molar-refractivity contribution in [1.82, 2.24) is 19.6 Å². The smallest absolute Gasteiger partial charge is 0.322 e. The van der Waals surface area contributed by atoms with Crippen LogP contribution >= 0.6 is 0 Å². The number of fused-ring (bicyclic) bond motifs is 1. The molecule has 4 heterocycles. The van der Waals surface area contributed by atoms with Crippen LogP contribution in [0.4, 0.5) is 10.5 Å². The van der Waals surface area contributed by atoms with Crippen molar-refractivity contribution in [2.75, 3.05) is 51.2 Å². The molecule has 0 radical (unpaired) electrons. The molecule has 4 aliphatic heterocycles. The van der Waals surface area contributed by atoms with Crippen molar-refractivity contribution >= 4 is 23.5 Å². The highest BCUT2D eigenvalue weighted by atomic mass is 16.5. The van der Waals surface area contributed by atoms with E-state index in [4.69, 9.17) is 4.74 Å². The summed E-state index contributed by atoms with van der Waals surface area (Å²) in [6.45, 7) is 8.20. The fourth-order valence-corrected chi connectivity index (χ4v) is 7.74. The predicted molar refractivity (Wildman–Crippen MR) is 175 cm³/mol. The molecule has 0 aliphatic carbocycles. The maximum Gasteiger partial charge on any atom is 0.322 e. The molecular formula is C36H49N5O4. The van der Waals surface area contributed by atoms with Crippen molar-refractivity contribution in [3.63, 3.8) is 0 Å². The van der Waals surface area contributed by atoms with Crippen LogP contribution in [0.25, 0.3) is 0 Å². The van der Waals surface area contributed by atoms with Gasteiger partial charge in [0, 0.05) is 56.9 Å². The van der Waals surface area contributed by atoms with Gasteiger partial charge >= 0.3 is 6.03 Å². The molecule has 0 unspecified atom stereocenters. The van der Waals surface area contributed by atoms with Gasteiger partial charge in [-0.25, -0.2) is 4.79 Å². The lowest BCUT2D eigenvalue weighted by molar-refractivity contribution is -0.143. The number of para-hydroxylation sites is 1. The molecule has 0 saturated carbocycles. The highest BCUT2D eigenvalue weighted by molar-refractivity contribution is 5.92. The number of anilines is 1. The Hall–Kier alpha value is -3.59. The Labute approximate surface area is 267 Å². The number of nitrogens with one attached hydrogen (secondary N) is 1. The van der Waals surface area contributed by atoms with Crippen molar-refractivity contribution in [2.24, 2.45) is 5.92 Å². The maximum atomic E-state index is 14.1. The van der Waals surface area contributed by atoms with E-state index in [9.17, 15) is 14.4 Å². The second-order valence-corrected chi connectivity index (χ2v) is 13.2. The van der Waals surface area contributed by atoms with E-state index < -0.39 is 5.92 Å². The molecule has 0 spiro atoms. The van der Waals surface area contributed by atoms with Crippen LogP contribution in [0, 0.1) is 5.92 Å². The fourth-order valence-electron chi connectivity index (χ4n) is 7.74. The first-order valence-electron chi connectivity index (χ1n) is 17.2. The number of hydrogen-bond donors (Lipinski definition) is 1. The molecule has 4 aliphatic rings. The third-order valence-corrected chi connectivity index (χ3v) is 10.3. The summed E-state index contributed by atoms with van der Waals surface area (Å²) in [6.07, 6.45) is 8.09. The molecule has 2 aromatic rings. The lowest BCUT2D eigenvalue weighted by Crippen LogP contribution is -2.52. The van der Waals surface area contributed by atoms with Crippen LogP contribution in [-0.2, 0) is 22.6 Å². The minimum atomic E-state index is -0.414.